The molecule has 0 bridgehead atoms. The monoisotopic (exact) mass is 363 g/mol. The maximum atomic E-state index is 12.2. The van der Waals surface area contributed by atoms with Gasteiger partial charge < -0.3 is 14.7 Å². The van der Waals surface area contributed by atoms with E-state index in [4.69, 9.17) is 9.84 Å². The molecule has 0 radical (unpaired) electrons. The van der Waals surface area contributed by atoms with Crippen molar-refractivity contribution in [3.05, 3.63) is 72.2 Å². The number of aliphatic carboxylic acids is 1. The molecule has 1 aliphatic rings. The number of carboxylic acid groups (broad SMARTS) is 1. The zero-order valence-electron chi connectivity index (χ0n) is 14.6. The predicted octanol–water partition coefficient (Wildman–Crippen LogP) is 3.49. The molecule has 6 heteroatoms. The summed E-state index contributed by atoms with van der Waals surface area (Å²) in [5, 5.41) is 9.07. The van der Waals surface area contributed by atoms with E-state index in [0.717, 1.165) is 25.9 Å². The van der Waals surface area contributed by atoms with E-state index in [9.17, 15) is 9.00 Å². The van der Waals surface area contributed by atoms with Gasteiger partial charge in [0.25, 0.3) is 0 Å². The largest absolute Gasteiger partial charge is 0.478 e. The van der Waals surface area contributed by atoms with Crippen LogP contribution in [0.15, 0.2) is 72.2 Å². The second kappa shape index (κ2) is 10.5. The molecule has 1 unspecified atom stereocenters. The fourth-order valence-corrected chi connectivity index (χ4v) is 2.94. The highest BCUT2D eigenvalue weighted by molar-refractivity contribution is 7.88. The quantitative estimate of drug-likeness (QED) is 0.386. The Kier molecular flexibility index (Phi) is 8.70. The van der Waals surface area contributed by atoms with Crippen LogP contribution in [0.1, 0.15) is 19.3 Å². The van der Waals surface area contributed by atoms with Crippen molar-refractivity contribution >= 4 is 16.8 Å². The van der Waals surface area contributed by atoms with Crippen molar-refractivity contribution in [3.8, 4) is 0 Å². The van der Waals surface area contributed by atoms with E-state index in [1.54, 1.807) is 18.4 Å². The first-order valence-electron chi connectivity index (χ1n) is 7.95. The number of carbonyl (C=O) groups is 1. The minimum absolute atomic E-state index is 0.161. The van der Waals surface area contributed by atoms with E-state index in [1.807, 2.05) is 0 Å². The molecule has 0 aromatic heterocycles. The highest BCUT2D eigenvalue weighted by Gasteiger charge is 2.17. The molecule has 1 N–H and O–H groups in total. The summed E-state index contributed by atoms with van der Waals surface area (Å²) in [5.41, 5.74) is -0.161. The van der Waals surface area contributed by atoms with Crippen molar-refractivity contribution in [2.24, 2.45) is 0 Å². The lowest BCUT2D eigenvalue weighted by molar-refractivity contribution is -0.132. The lowest BCUT2D eigenvalue weighted by Crippen LogP contribution is -2.25. The maximum absolute atomic E-state index is 12.2. The van der Waals surface area contributed by atoms with Crippen LogP contribution in [-0.4, -0.2) is 39.5 Å². The molecular weight excluding hydrogens is 338 g/mol. The molecule has 1 fully saturated rings. The standard InChI is InChI=1S/C19H25NO4S/c1-5-10-16(6-2)24-17(14-20-11-8-7-9-12-20)18(25(4)23)13-15(3)19(21)22/h5-6,10,13-14H,1-3,7-9,11-12H2,4H3,(H,21,22)/b16-10+,17-14-,18-13+. The third kappa shape index (κ3) is 6.97. The summed E-state index contributed by atoms with van der Waals surface area (Å²) >= 11 is 0. The van der Waals surface area contributed by atoms with Gasteiger partial charge in [-0.25, -0.2) is 4.79 Å². The number of likely N-dealkylation sites (tertiary alicyclic amines) is 1. The first-order valence-corrected chi connectivity index (χ1v) is 9.51. The summed E-state index contributed by atoms with van der Waals surface area (Å²) < 4.78 is 18.1. The lowest BCUT2D eigenvalue weighted by atomic mass is 10.1. The van der Waals surface area contributed by atoms with Gasteiger partial charge in [0.1, 0.15) is 5.76 Å². The first-order chi connectivity index (χ1) is 11.9. The van der Waals surface area contributed by atoms with Crippen molar-refractivity contribution in [1.82, 2.24) is 4.90 Å². The van der Waals surface area contributed by atoms with Crippen molar-refractivity contribution in [2.75, 3.05) is 19.3 Å². The molecule has 0 aromatic rings. The molecule has 0 aromatic carbocycles. The maximum Gasteiger partial charge on any atom is 0.335 e. The summed E-state index contributed by atoms with van der Waals surface area (Å²) in [5.74, 6) is -0.431. The van der Waals surface area contributed by atoms with Crippen LogP contribution >= 0.6 is 0 Å². The minimum atomic E-state index is -1.47. The van der Waals surface area contributed by atoms with Gasteiger partial charge in [0, 0.05) is 25.5 Å². The van der Waals surface area contributed by atoms with Crippen molar-refractivity contribution in [3.63, 3.8) is 0 Å². The van der Waals surface area contributed by atoms with Gasteiger partial charge in [0.05, 0.1) is 21.3 Å². The van der Waals surface area contributed by atoms with Gasteiger partial charge >= 0.3 is 5.97 Å². The smallest absolute Gasteiger partial charge is 0.335 e. The fourth-order valence-electron chi connectivity index (χ4n) is 2.26. The van der Waals surface area contributed by atoms with Crippen LogP contribution in [0.3, 0.4) is 0 Å². The van der Waals surface area contributed by atoms with Crippen LogP contribution in [-0.2, 0) is 20.3 Å². The van der Waals surface area contributed by atoms with Crippen LogP contribution < -0.4 is 0 Å². The van der Waals surface area contributed by atoms with Crippen LogP contribution in [0, 0.1) is 0 Å². The van der Waals surface area contributed by atoms with E-state index in [2.05, 4.69) is 24.6 Å². The summed E-state index contributed by atoms with van der Waals surface area (Å²) in [6.45, 7) is 12.5. The van der Waals surface area contributed by atoms with Gasteiger partial charge in [-0.05, 0) is 37.5 Å². The Morgan fingerprint density at radius 2 is 1.88 bits per heavy atom. The second-order valence-electron chi connectivity index (χ2n) is 5.49. The number of hydrogen-bond acceptors (Lipinski definition) is 4. The summed E-state index contributed by atoms with van der Waals surface area (Å²) in [6.07, 6.45) is 12.5. The summed E-state index contributed by atoms with van der Waals surface area (Å²) in [4.78, 5) is 13.4. The highest BCUT2D eigenvalue weighted by atomic mass is 32.2. The third-order valence-electron chi connectivity index (χ3n) is 3.53. The second-order valence-corrected chi connectivity index (χ2v) is 6.84. The van der Waals surface area contributed by atoms with Crippen molar-refractivity contribution in [2.45, 2.75) is 19.3 Å². The van der Waals surface area contributed by atoms with Gasteiger partial charge in [-0.15, -0.1) is 0 Å². The number of piperidine rings is 1. The molecule has 5 nitrogen and oxygen atoms in total. The molecule has 0 saturated carbocycles. The first kappa shape index (κ1) is 20.7. The van der Waals surface area contributed by atoms with Crippen LogP contribution in [0.2, 0.25) is 0 Å². The minimum Gasteiger partial charge on any atom is -0.478 e. The molecule has 0 spiro atoms. The van der Waals surface area contributed by atoms with Gasteiger partial charge in [0.2, 0.25) is 0 Å². The molecule has 25 heavy (non-hydrogen) atoms. The summed E-state index contributed by atoms with van der Waals surface area (Å²) in [7, 11) is -1.47. The zero-order chi connectivity index (χ0) is 18.8. The van der Waals surface area contributed by atoms with E-state index in [0.29, 0.717) is 11.5 Å². The molecule has 0 aliphatic carbocycles. The normalized spacial score (nSPS) is 17.6. The van der Waals surface area contributed by atoms with Gasteiger partial charge in [0.15, 0.2) is 5.76 Å². The lowest BCUT2D eigenvalue weighted by Gasteiger charge is -2.26. The van der Waals surface area contributed by atoms with Crippen molar-refractivity contribution in [1.29, 1.82) is 0 Å². The predicted molar refractivity (Wildman–Crippen MR) is 102 cm³/mol. The van der Waals surface area contributed by atoms with Crippen LogP contribution in [0.25, 0.3) is 0 Å². The molecule has 0 amide bonds. The fraction of sp³-hybridized carbons (Fsp3) is 0.316. The molecule has 1 aliphatic heterocycles. The molecule has 1 heterocycles. The Balaban J connectivity index is 3.31. The molecule has 1 rings (SSSR count). The van der Waals surface area contributed by atoms with Crippen LogP contribution in [0.5, 0.6) is 0 Å². The topological polar surface area (TPSA) is 66.8 Å². The molecular formula is C19H25NO4S. The highest BCUT2D eigenvalue weighted by Crippen LogP contribution is 2.23. The number of allylic oxidation sites excluding steroid dienone is 3. The zero-order valence-corrected chi connectivity index (χ0v) is 15.4. The number of carboxylic acids is 1. The molecule has 1 saturated heterocycles. The average Bonchev–Trinajstić information content (AvgIpc) is 2.58. The molecule has 136 valence electrons. The Bertz CT molecular complexity index is 652. The van der Waals surface area contributed by atoms with E-state index < -0.39 is 16.8 Å². The Hall–Kier alpha value is -2.34. The third-order valence-corrected chi connectivity index (χ3v) is 4.47. The van der Waals surface area contributed by atoms with Gasteiger partial charge in [-0.2, -0.15) is 0 Å². The van der Waals surface area contributed by atoms with Gasteiger partial charge in [-0.1, -0.05) is 25.8 Å². The number of rotatable bonds is 9. The van der Waals surface area contributed by atoms with Crippen molar-refractivity contribution < 1.29 is 18.8 Å². The number of nitrogens with zero attached hydrogens (tertiary/aromatic N) is 1. The number of ether oxygens (including phenoxy) is 1. The average molecular weight is 363 g/mol. The SMILES string of the molecule is C=C/C=C(\C=C)OC(=C\N1CCCCC1)/C(=C\C(=C)C(=O)O)S(C)=O. The Morgan fingerprint density at radius 1 is 1.24 bits per heavy atom. The van der Waals surface area contributed by atoms with Gasteiger partial charge in [-0.3, -0.25) is 4.21 Å². The summed E-state index contributed by atoms with van der Waals surface area (Å²) in [6, 6.07) is 0. The van der Waals surface area contributed by atoms with E-state index in [1.165, 1.54) is 24.8 Å². The molecule has 1 atom stereocenters. The van der Waals surface area contributed by atoms with E-state index >= 15 is 0 Å². The Labute approximate surface area is 151 Å². The Morgan fingerprint density at radius 3 is 2.36 bits per heavy atom. The van der Waals surface area contributed by atoms with Crippen LogP contribution in [0.4, 0.5) is 0 Å². The number of hydrogen-bond donors (Lipinski definition) is 1. The van der Waals surface area contributed by atoms with E-state index in [-0.39, 0.29) is 10.5 Å².